The van der Waals surface area contributed by atoms with Gasteiger partial charge in [-0.25, -0.2) is 0 Å². The molecule has 0 N–H and O–H groups in total. The lowest BCUT2D eigenvalue weighted by Crippen LogP contribution is -2.17. The zero-order valence-electron chi connectivity index (χ0n) is 7.77. The maximum Gasteiger partial charge on any atom is 0.138 e. The molecule has 4 heteroatoms. The van der Waals surface area contributed by atoms with Crippen molar-refractivity contribution < 1.29 is 4.74 Å². The van der Waals surface area contributed by atoms with Gasteiger partial charge >= 0.3 is 0 Å². The van der Waals surface area contributed by atoms with Crippen molar-refractivity contribution >= 4 is 34.8 Å². The van der Waals surface area contributed by atoms with E-state index in [4.69, 9.17) is 39.5 Å². The fourth-order valence-corrected chi connectivity index (χ4v) is 1.71. The van der Waals surface area contributed by atoms with Crippen molar-refractivity contribution in [2.24, 2.45) is 0 Å². The predicted molar refractivity (Wildman–Crippen MR) is 61.9 cm³/mol. The average Bonchev–Trinajstić information content (AvgIpc) is 2.17. The van der Waals surface area contributed by atoms with Gasteiger partial charge in [0.2, 0.25) is 0 Å². The Bertz CT molecular complexity index is 297. The molecular formula is C10H11Cl3O. The van der Waals surface area contributed by atoms with Crippen LogP contribution in [-0.2, 0) is 0 Å². The van der Waals surface area contributed by atoms with Gasteiger partial charge in [-0.05, 0) is 24.6 Å². The molecule has 0 saturated heterocycles. The molecule has 0 fully saturated rings. The monoisotopic (exact) mass is 252 g/mol. The van der Waals surface area contributed by atoms with Crippen LogP contribution in [0.1, 0.15) is 13.3 Å². The topological polar surface area (TPSA) is 9.23 Å². The highest BCUT2D eigenvalue weighted by molar-refractivity contribution is 6.35. The Balaban J connectivity index is 2.76. The van der Waals surface area contributed by atoms with Gasteiger partial charge in [0.1, 0.15) is 11.9 Å². The highest BCUT2D eigenvalue weighted by atomic mass is 35.5. The second-order valence-corrected chi connectivity index (χ2v) is 4.03. The van der Waals surface area contributed by atoms with E-state index in [9.17, 15) is 0 Å². The van der Waals surface area contributed by atoms with Crippen molar-refractivity contribution in [2.45, 2.75) is 19.4 Å². The van der Waals surface area contributed by atoms with Gasteiger partial charge in [0, 0.05) is 5.02 Å². The van der Waals surface area contributed by atoms with E-state index in [0.717, 1.165) is 6.42 Å². The van der Waals surface area contributed by atoms with E-state index in [0.29, 0.717) is 21.7 Å². The molecule has 0 heterocycles. The molecule has 14 heavy (non-hydrogen) atoms. The van der Waals surface area contributed by atoms with Crippen LogP contribution in [-0.4, -0.2) is 12.0 Å². The molecule has 0 bridgehead atoms. The molecule has 78 valence electrons. The largest absolute Gasteiger partial charge is 0.488 e. The first kappa shape index (κ1) is 12.0. The number of halogens is 3. The van der Waals surface area contributed by atoms with Crippen molar-refractivity contribution in [3.05, 3.63) is 28.2 Å². The zero-order valence-corrected chi connectivity index (χ0v) is 10.0. The molecule has 1 rings (SSSR count). The van der Waals surface area contributed by atoms with Crippen LogP contribution in [0.5, 0.6) is 5.75 Å². The van der Waals surface area contributed by atoms with Gasteiger partial charge in [0.05, 0.1) is 10.9 Å². The second kappa shape index (κ2) is 5.69. The summed E-state index contributed by atoms with van der Waals surface area (Å²) in [4.78, 5) is 0. The Morgan fingerprint density at radius 3 is 2.57 bits per heavy atom. The number of hydrogen-bond acceptors (Lipinski definition) is 1. The van der Waals surface area contributed by atoms with E-state index in [1.54, 1.807) is 18.2 Å². The molecule has 0 spiro atoms. The molecule has 1 atom stereocenters. The van der Waals surface area contributed by atoms with Crippen LogP contribution in [0.3, 0.4) is 0 Å². The van der Waals surface area contributed by atoms with Crippen LogP contribution >= 0.6 is 34.8 Å². The maximum atomic E-state index is 5.94. The molecule has 0 amide bonds. The summed E-state index contributed by atoms with van der Waals surface area (Å²) >= 11 is 17.4. The van der Waals surface area contributed by atoms with Gasteiger partial charge in [-0.2, -0.15) is 0 Å². The molecule has 1 unspecified atom stereocenters. The fourth-order valence-electron chi connectivity index (χ4n) is 0.974. The first-order valence-electron chi connectivity index (χ1n) is 4.35. The molecule has 0 radical (unpaired) electrons. The normalized spacial score (nSPS) is 12.6. The molecule has 1 nitrogen and oxygen atoms in total. The second-order valence-electron chi connectivity index (χ2n) is 2.88. The molecule has 1 aromatic rings. The van der Waals surface area contributed by atoms with E-state index in [-0.39, 0.29) is 6.10 Å². The molecule has 0 aliphatic heterocycles. The van der Waals surface area contributed by atoms with Crippen LogP contribution in [0, 0.1) is 0 Å². The minimum absolute atomic E-state index is 0.00431. The molecule has 0 aromatic heterocycles. The molecule has 0 aliphatic carbocycles. The summed E-state index contributed by atoms with van der Waals surface area (Å²) < 4.78 is 5.58. The Kier molecular flexibility index (Phi) is 4.86. The predicted octanol–water partition coefficient (Wildman–Crippen LogP) is 4.39. The van der Waals surface area contributed by atoms with E-state index in [1.165, 1.54) is 0 Å². The fraction of sp³-hybridized carbons (Fsp3) is 0.400. The highest BCUT2D eigenvalue weighted by Crippen LogP contribution is 2.28. The first-order valence-corrected chi connectivity index (χ1v) is 5.64. The number of hydrogen-bond donors (Lipinski definition) is 0. The van der Waals surface area contributed by atoms with Crippen molar-refractivity contribution in [2.75, 3.05) is 5.88 Å². The quantitative estimate of drug-likeness (QED) is 0.723. The summed E-state index contributed by atoms with van der Waals surface area (Å²) in [7, 11) is 0. The Labute approximate surface area is 98.9 Å². The lowest BCUT2D eigenvalue weighted by atomic mass is 10.3. The van der Waals surface area contributed by atoms with Gasteiger partial charge < -0.3 is 4.74 Å². The lowest BCUT2D eigenvalue weighted by molar-refractivity contribution is 0.221. The number of benzene rings is 1. The minimum Gasteiger partial charge on any atom is -0.488 e. The third kappa shape index (κ3) is 3.23. The number of alkyl halides is 1. The molecule has 0 saturated carbocycles. The van der Waals surface area contributed by atoms with Crippen LogP contribution in [0.2, 0.25) is 10.0 Å². The standard InChI is InChI=1S/C10H11Cl3O/c1-2-8(6-11)14-10-4-3-7(12)5-9(10)13/h3-5,8H,2,6H2,1H3. The Hall–Kier alpha value is -0.110. The van der Waals surface area contributed by atoms with Crippen LogP contribution in [0.25, 0.3) is 0 Å². The summed E-state index contributed by atoms with van der Waals surface area (Å²) in [5, 5.41) is 1.11. The van der Waals surface area contributed by atoms with Gasteiger partial charge in [-0.3, -0.25) is 0 Å². The number of ether oxygens (including phenoxy) is 1. The SMILES string of the molecule is CCC(CCl)Oc1ccc(Cl)cc1Cl. The first-order chi connectivity index (χ1) is 6.67. The molecular weight excluding hydrogens is 242 g/mol. The smallest absolute Gasteiger partial charge is 0.138 e. The Morgan fingerprint density at radius 1 is 1.36 bits per heavy atom. The summed E-state index contributed by atoms with van der Waals surface area (Å²) in [5.41, 5.74) is 0. The molecule has 1 aromatic carbocycles. The minimum atomic E-state index is -0.00431. The lowest BCUT2D eigenvalue weighted by Gasteiger charge is -2.15. The zero-order chi connectivity index (χ0) is 10.6. The number of rotatable bonds is 4. The third-order valence-electron chi connectivity index (χ3n) is 1.82. The van der Waals surface area contributed by atoms with Gasteiger partial charge in [0.15, 0.2) is 0 Å². The van der Waals surface area contributed by atoms with Crippen LogP contribution in [0.15, 0.2) is 18.2 Å². The van der Waals surface area contributed by atoms with Crippen molar-refractivity contribution in [3.8, 4) is 5.75 Å². The van der Waals surface area contributed by atoms with Crippen molar-refractivity contribution in [3.63, 3.8) is 0 Å². The summed E-state index contributed by atoms with van der Waals surface area (Å²) in [5.74, 6) is 1.08. The van der Waals surface area contributed by atoms with E-state index in [1.807, 2.05) is 6.92 Å². The average molecular weight is 254 g/mol. The summed E-state index contributed by atoms with van der Waals surface area (Å²) in [6.07, 6.45) is 0.845. The van der Waals surface area contributed by atoms with Gasteiger partial charge in [-0.15, -0.1) is 11.6 Å². The van der Waals surface area contributed by atoms with E-state index < -0.39 is 0 Å². The van der Waals surface area contributed by atoms with E-state index >= 15 is 0 Å². The molecule has 0 aliphatic rings. The van der Waals surface area contributed by atoms with Crippen LogP contribution in [0.4, 0.5) is 0 Å². The van der Waals surface area contributed by atoms with Gasteiger partial charge in [-0.1, -0.05) is 30.1 Å². The van der Waals surface area contributed by atoms with E-state index in [2.05, 4.69) is 0 Å². The Morgan fingerprint density at radius 2 is 2.07 bits per heavy atom. The maximum absolute atomic E-state index is 5.94. The summed E-state index contributed by atoms with van der Waals surface area (Å²) in [6, 6.07) is 5.14. The highest BCUT2D eigenvalue weighted by Gasteiger charge is 2.09. The summed E-state index contributed by atoms with van der Waals surface area (Å²) in [6.45, 7) is 2.01. The third-order valence-corrected chi connectivity index (χ3v) is 2.69. The van der Waals surface area contributed by atoms with Gasteiger partial charge in [0.25, 0.3) is 0 Å². The van der Waals surface area contributed by atoms with Crippen LogP contribution < -0.4 is 4.74 Å². The van der Waals surface area contributed by atoms with Crippen molar-refractivity contribution in [1.82, 2.24) is 0 Å². The van der Waals surface area contributed by atoms with Crippen molar-refractivity contribution in [1.29, 1.82) is 0 Å².